The molecule has 84 valence electrons. The molecule has 2 rings (SSSR count). The van der Waals surface area contributed by atoms with Gasteiger partial charge in [0, 0.05) is 26.2 Å². The van der Waals surface area contributed by atoms with Crippen molar-refractivity contribution in [1.29, 1.82) is 0 Å². The van der Waals surface area contributed by atoms with E-state index in [0.29, 0.717) is 0 Å². The van der Waals surface area contributed by atoms with Crippen LogP contribution in [0, 0.1) is 0 Å². The van der Waals surface area contributed by atoms with E-state index in [2.05, 4.69) is 45.0 Å². The summed E-state index contributed by atoms with van der Waals surface area (Å²) in [7, 11) is 0. The molecule has 5 heteroatoms. The predicted molar refractivity (Wildman–Crippen MR) is 67.3 cm³/mol. The molecule has 1 aliphatic heterocycles. The fourth-order valence-electron chi connectivity index (χ4n) is 1.90. The highest BCUT2D eigenvalue weighted by Crippen LogP contribution is 2.33. The van der Waals surface area contributed by atoms with Crippen molar-refractivity contribution in [2.24, 2.45) is 0 Å². The zero-order valence-electron chi connectivity index (χ0n) is 9.09. The highest BCUT2D eigenvalue weighted by Gasteiger charge is 2.32. The van der Waals surface area contributed by atoms with Crippen LogP contribution in [0.4, 0.5) is 0 Å². The van der Waals surface area contributed by atoms with Crippen LogP contribution < -0.4 is 5.32 Å². The van der Waals surface area contributed by atoms with Crippen molar-refractivity contribution < 1.29 is 0 Å². The first-order chi connectivity index (χ1) is 7.10. The number of halogens is 1. The molecule has 0 aliphatic carbocycles. The van der Waals surface area contributed by atoms with Crippen molar-refractivity contribution in [2.75, 3.05) is 26.2 Å². The Morgan fingerprint density at radius 2 is 2.13 bits per heavy atom. The summed E-state index contributed by atoms with van der Waals surface area (Å²) in [6, 6.07) is 0. The molecule has 2 heterocycles. The summed E-state index contributed by atoms with van der Waals surface area (Å²) in [6.45, 7) is 8.87. The average molecular weight is 290 g/mol. The minimum atomic E-state index is 0.0544. The molecule has 0 saturated carbocycles. The van der Waals surface area contributed by atoms with Gasteiger partial charge in [-0.2, -0.15) is 0 Å². The van der Waals surface area contributed by atoms with Gasteiger partial charge < -0.3 is 5.32 Å². The third kappa shape index (κ3) is 2.41. The second kappa shape index (κ2) is 4.49. The Labute approximate surface area is 103 Å². The largest absolute Gasteiger partial charge is 0.314 e. The maximum atomic E-state index is 4.47. The number of hydrogen-bond acceptors (Lipinski definition) is 4. The van der Waals surface area contributed by atoms with Gasteiger partial charge >= 0.3 is 0 Å². The third-order valence-electron chi connectivity index (χ3n) is 2.91. The molecule has 1 fully saturated rings. The molecule has 1 saturated heterocycles. The first-order valence-electron chi connectivity index (χ1n) is 5.18. The molecule has 1 aliphatic rings. The van der Waals surface area contributed by atoms with Crippen molar-refractivity contribution in [3.8, 4) is 0 Å². The molecule has 0 amide bonds. The van der Waals surface area contributed by atoms with Gasteiger partial charge in [0.1, 0.15) is 5.01 Å². The van der Waals surface area contributed by atoms with E-state index in [0.717, 1.165) is 30.0 Å². The molecular formula is C10H16BrN3S. The number of piperazine rings is 1. The van der Waals surface area contributed by atoms with E-state index >= 15 is 0 Å². The van der Waals surface area contributed by atoms with E-state index in [1.807, 2.05) is 6.20 Å². The topological polar surface area (TPSA) is 28.2 Å². The van der Waals surface area contributed by atoms with Crippen molar-refractivity contribution >= 4 is 27.3 Å². The molecule has 0 bridgehead atoms. The maximum Gasteiger partial charge on any atom is 0.113 e. The molecule has 0 unspecified atom stereocenters. The van der Waals surface area contributed by atoms with Gasteiger partial charge in [0.15, 0.2) is 0 Å². The molecule has 0 radical (unpaired) electrons. The molecule has 0 aromatic carbocycles. The molecule has 3 nitrogen and oxygen atoms in total. The van der Waals surface area contributed by atoms with Crippen LogP contribution >= 0.6 is 27.3 Å². The minimum absolute atomic E-state index is 0.0544. The van der Waals surface area contributed by atoms with Crippen LogP contribution in [-0.4, -0.2) is 36.1 Å². The molecule has 1 aromatic rings. The fourth-order valence-corrected chi connectivity index (χ4v) is 3.23. The van der Waals surface area contributed by atoms with E-state index in [-0.39, 0.29) is 5.54 Å². The number of aromatic nitrogens is 1. The minimum Gasteiger partial charge on any atom is -0.314 e. The van der Waals surface area contributed by atoms with Crippen molar-refractivity contribution in [3.63, 3.8) is 0 Å². The van der Waals surface area contributed by atoms with Gasteiger partial charge in [-0.05, 0) is 29.8 Å². The lowest BCUT2D eigenvalue weighted by molar-refractivity contribution is 0.102. The Morgan fingerprint density at radius 1 is 1.47 bits per heavy atom. The van der Waals surface area contributed by atoms with Crippen LogP contribution in [0.5, 0.6) is 0 Å². The Kier molecular flexibility index (Phi) is 3.45. The van der Waals surface area contributed by atoms with Crippen LogP contribution in [0.2, 0.25) is 0 Å². The van der Waals surface area contributed by atoms with Crippen molar-refractivity contribution in [2.45, 2.75) is 19.4 Å². The lowest BCUT2D eigenvalue weighted by Crippen LogP contribution is -2.51. The second-order valence-electron chi connectivity index (χ2n) is 4.27. The zero-order chi connectivity index (χ0) is 10.9. The monoisotopic (exact) mass is 289 g/mol. The van der Waals surface area contributed by atoms with Gasteiger partial charge in [0.2, 0.25) is 0 Å². The number of rotatable bonds is 2. The number of hydrogen-bond donors (Lipinski definition) is 1. The van der Waals surface area contributed by atoms with E-state index in [9.17, 15) is 0 Å². The summed E-state index contributed by atoms with van der Waals surface area (Å²) < 4.78 is 1.11. The first kappa shape index (κ1) is 11.5. The second-order valence-corrected chi connectivity index (χ2v) is 6.68. The highest BCUT2D eigenvalue weighted by molar-refractivity contribution is 9.11. The van der Waals surface area contributed by atoms with Crippen LogP contribution in [0.25, 0.3) is 0 Å². The summed E-state index contributed by atoms with van der Waals surface area (Å²) in [5.74, 6) is 0. The number of nitrogens with zero attached hydrogens (tertiary/aromatic N) is 2. The summed E-state index contributed by atoms with van der Waals surface area (Å²) in [6.07, 6.45) is 1.89. The summed E-state index contributed by atoms with van der Waals surface area (Å²) >= 11 is 5.21. The maximum absolute atomic E-state index is 4.47. The number of thiazole rings is 1. The first-order valence-corrected chi connectivity index (χ1v) is 6.79. The van der Waals surface area contributed by atoms with E-state index in [1.54, 1.807) is 11.3 Å². The third-order valence-corrected chi connectivity index (χ3v) is 4.70. The Balaban J connectivity index is 2.17. The Morgan fingerprint density at radius 3 is 2.67 bits per heavy atom. The zero-order valence-corrected chi connectivity index (χ0v) is 11.5. The van der Waals surface area contributed by atoms with Crippen LogP contribution in [0.3, 0.4) is 0 Å². The Hall–Kier alpha value is 0.0300. The summed E-state index contributed by atoms with van der Waals surface area (Å²) in [4.78, 5) is 6.97. The van der Waals surface area contributed by atoms with Gasteiger partial charge in [0.05, 0.1) is 15.5 Å². The van der Waals surface area contributed by atoms with Crippen LogP contribution in [0.1, 0.15) is 18.9 Å². The average Bonchev–Trinajstić information content (AvgIpc) is 2.67. The van der Waals surface area contributed by atoms with Gasteiger partial charge in [-0.15, -0.1) is 11.3 Å². The van der Waals surface area contributed by atoms with Crippen molar-refractivity contribution in [1.82, 2.24) is 15.2 Å². The molecule has 1 N–H and O–H groups in total. The quantitative estimate of drug-likeness (QED) is 0.903. The van der Waals surface area contributed by atoms with Gasteiger partial charge in [0.25, 0.3) is 0 Å². The predicted octanol–water partition coefficient (Wildman–Crippen LogP) is 2.05. The van der Waals surface area contributed by atoms with E-state index in [1.165, 1.54) is 5.01 Å². The normalized spacial score (nSPS) is 19.4. The fraction of sp³-hybridized carbons (Fsp3) is 0.700. The molecular weight excluding hydrogens is 274 g/mol. The van der Waals surface area contributed by atoms with Gasteiger partial charge in [-0.3, -0.25) is 4.90 Å². The molecule has 15 heavy (non-hydrogen) atoms. The summed E-state index contributed by atoms with van der Waals surface area (Å²) in [5, 5.41) is 4.57. The summed E-state index contributed by atoms with van der Waals surface area (Å²) in [5.41, 5.74) is 0.0544. The molecule has 1 aromatic heterocycles. The smallest absolute Gasteiger partial charge is 0.113 e. The molecule has 0 atom stereocenters. The van der Waals surface area contributed by atoms with E-state index in [4.69, 9.17) is 0 Å². The van der Waals surface area contributed by atoms with Crippen molar-refractivity contribution in [3.05, 3.63) is 15.0 Å². The number of nitrogens with one attached hydrogen (secondary N) is 1. The standard InChI is InChI=1S/C10H16BrN3S/c1-10(2,9-13-7-8(11)15-9)14-5-3-12-4-6-14/h7,12H,3-6H2,1-2H3. The van der Waals surface area contributed by atoms with Crippen LogP contribution in [-0.2, 0) is 5.54 Å². The van der Waals surface area contributed by atoms with Gasteiger partial charge in [-0.25, -0.2) is 4.98 Å². The molecule has 0 spiro atoms. The van der Waals surface area contributed by atoms with Crippen LogP contribution in [0.15, 0.2) is 9.98 Å². The lowest BCUT2D eigenvalue weighted by atomic mass is 10.0. The lowest BCUT2D eigenvalue weighted by Gasteiger charge is -2.39. The highest BCUT2D eigenvalue weighted by atomic mass is 79.9. The Bertz CT molecular complexity index is 331. The SMILES string of the molecule is CC(C)(c1ncc(Br)s1)N1CCNCC1. The van der Waals surface area contributed by atoms with E-state index < -0.39 is 0 Å². The van der Waals surface area contributed by atoms with Gasteiger partial charge in [-0.1, -0.05) is 0 Å².